The number of anilines is 1. The Morgan fingerprint density at radius 1 is 1.30 bits per heavy atom. The largest absolute Gasteiger partial charge is 0.442 e. The number of aromatic nitrogens is 2. The molecule has 1 aliphatic rings. The monoisotopic (exact) mass is 307 g/mol. The number of ether oxygens (including phenoxy) is 1. The number of carbonyl (C=O) groups is 1. The zero-order chi connectivity index (χ0) is 16.4. The van der Waals surface area contributed by atoms with Gasteiger partial charge in [0.2, 0.25) is 0 Å². The number of imidazole rings is 1. The van der Waals surface area contributed by atoms with Gasteiger partial charge in [-0.15, -0.1) is 0 Å². The number of nitrogens with zero attached hydrogens (tertiary/aromatic N) is 5. The summed E-state index contributed by atoms with van der Waals surface area (Å²) in [7, 11) is 0. The van der Waals surface area contributed by atoms with Gasteiger partial charge in [0.1, 0.15) is 24.1 Å². The summed E-state index contributed by atoms with van der Waals surface area (Å²) >= 11 is 0. The second-order valence-electron chi connectivity index (χ2n) is 5.14. The summed E-state index contributed by atoms with van der Waals surface area (Å²) in [6.45, 7) is 2.39. The van der Waals surface area contributed by atoms with Crippen LogP contribution in [0.4, 0.5) is 10.5 Å². The third-order valence-corrected chi connectivity index (χ3v) is 3.70. The molecular weight excluding hydrogens is 294 g/mol. The van der Waals surface area contributed by atoms with Crippen molar-refractivity contribution >= 4 is 11.8 Å². The minimum absolute atomic E-state index is 0.0919. The summed E-state index contributed by atoms with van der Waals surface area (Å²) in [4.78, 5) is 17.7. The van der Waals surface area contributed by atoms with Crippen LogP contribution in [0.5, 0.6) is 0 Å². The second kappa shape index (κ2) is 5.82. The molecular formula is C16H13N5O2. The highest BCUT2D eigenvalue weighted by molar-refractivity contribution is 5.89. The third-order valence-electron chi connectivity index (χ3n) is 3.70. The van der Waals surface area contributed by atoms with Gasteiger partial charge in [0.15, 0.2) is 11.4 Å². The molecule has 1 saturated heterocycles. The van der Waals surface area contributed by atoms with Gasteiger partial charge in [-0.3, -0.25) is 4.90 Å². The Kier molecular flexibility index (Phi) is 3.70. The van der Waals surface area contributed by atoms with E-state index in [1.165, 1.54) is 0 Å². The van der Waals surface area contributed by atoms with Crippen molar-refractivity contribution < 1.29 is 9.53 Å². The number of benzene rings is 1. The van der Waals surface area contributed by atoms with Gasteiger partial charge in [-0.1, -0.05) is 18.2 Å². The van der Waals surface area contributed by atoms with E-state index in [2.05, 4.69) is 4.98 Å². The predicted octanol–water partition coefficient (Wildman–Crippen LogP) is 1.96. The molecule has 1 aliphatic heterocycles. The van der Waals surface area contributed by atoms with Crippen molar-refractivity contribution in [2.45, 2.75) is 19.6 Å². The summed E-state index contributed by atoms with van der Waals surface area (Å²) in [6.07, 6.45) is -0.827. The molecule has 0 N–H and O–H groups in total. The fourth-order valence-electron chi connectivity index (χ4n) is 2.62. The lowest BCUT2D eigenvalue weighted by atomic mass is 10.2. The van der Waals surface area contributed by atoms with Crippen molar-refractivity contribution in [1.82, 2.24) is 9.55 Å². The normalized spacial score (nSPS) is 16.7. The molecule has 1 atom stereocenters. The molecule has 0 spiro atoms. The van der Waals surface area contributed by atoms with Crippen molar-refractivity contribution in [1.29, 1.82) is 10.5 Å². The van der Waals surface area contributed by atoms with Gasteiger partial charge in [-0.25, -0.2) is 9.78 Å². The highest BCUT2D eigenvalue weighted by atomic mass is 16.6. The Hall–Kier alpha value is -3.32. The molecule has 0 saturated carbocycles. The van der Waals surface area contributed by atoms with Gasteiger partial charge in [-0.2, -0.15) is 10.5 Å². The van der Waals surface area contributed by atoms with Gasteiger partial charge in [0.25, 0.3) is 0 Å². The van der Waals surface area contributed by atoms with Crippen LogP contribution in [0.15, 0.2) is 30.3 Å². The summed E-state index contributed by atoms with van der Waals surface area (Å²) in [5.74, 6) is 0.548. The Labute approximate surface area is 132 Å². The van der Waals surface area contributed by atoms with Crippen molar-refractivity contribution in [2.24, 2.45) is 0 Å². The molecule has 2 heterocycles. The number of hydrogen-bond donors (Lipinski definition) is 0. The molecule has 1 unspecified atom stereocenters. The van der Waals surface area contributed by atoms with Crippen LogP contribution in [0.2, 0.25) is 0 Å². The average molecular weight is 307 g/mol. The fraction of sp³-hybridized carbons (Fsp3) is 0.250. The van der Waals surface area contributed by atoms with Crippen LogP contribution in [0.3, 0.4) is 0 Å². The molecule has 0 radical (unpaired) electrons. The molecule has 7 nitrogen and oxygen atoms in total. The van der Waals surface area contributed by atoms with Gasteiger partial charge in [-0.05, 0) is 19.1 Å². The maximum atomic E-state index is 12.0. The maximum Gasteiger partial charge on any atom is 0.414 e. The topological polar surface area (TPSA) is 94.9 Å². The Morgan fingerprint density at radius 2 is 2.04 bits per heavy atom. The zero-order valence-electron chi connectivity index (χ0n) is 12.4. The van der Waals surface area contributed by atoms with Gasteiger partial charge in [0, 0.05) is 5.69 Å². The second-order valence-corrected chi connectivity index (χ2v) is 5.14. The Balaban J connectivity index is 1.81. The first-order chi connectivity index (χ1) is 11.1. The first kappa shape index (κ1) is 14.6. The first-order valence-corrected chi connectivity index (χ1v) is 7.04. The average Bonchev–Trinajstić information content (AvgIpc) is 3.08. The SMILES string of the molecule is Cc1nc(C#N)c(C#N)n1CC1CN(c2ccccc2)C(=O)O1. The van der Waals surface area contributed by atoms with E-state index in [4.69, 9.17) is 10.00 Å². The molecule has 7 heteroatoms. The number of cyclic esters (lactones) is 1. The molecule has 23 heavy (non-hydrogen) atoms. The molecule has 1 fully saturated rings. The van der Waals surface area contributed by atoms with E-state index in [1.54, 1.807) is 16.4 Å². The number of nitriles is 2. The number of hydrogen-bond acceptors (Lipinski definition) is 5. The van der Waals surface area contributed by atoms with E-state index < -0.39 is 12.2 Å². The van der Waals surface area contributed by atoms with Crippen LogP contribution in [-0.2, 0) is 11.3 Å². The molecule has 1 amide bonds. The van der Waals surface area contributed by atoms with Gasteiger partial charge >= 0.3 is 6.09 Å². The van der Waals surface area contributed by atoms with Crippen LogP contribution in [0, 0.1) is 29.6 Å². The molecule has 114 valence electrons. The summed E-state index contributed by atoms with van der Waals surface area (Å²) in [5.41, 5.74) is 1.05. The van der Waals surface area contributed by atoms with E-state index in [9.17, 15) is 10.1 Å². The Bertz CT molecular complexity index is 829. The standard InChI is InChI=1S/C16H13N5O2/c1-11-19-14(7-17)15(8-18)20(11)9-13-10-21(16(22)23-13)12-5-3-2-4-6-12/h2-6,13H,9-10H2,1H3. The maximum absolute atomic E-state index is 12.0. The first-order valence-electron chi connectivity index (χ1n) is 7.04. The zero-order valence-corrected chi connectivity index (χ0v) is 12.4. The van der Waals surface area contributed by atoms with E-state index in [0.29, 0.717) is 18.9 Å². The summed E-state index contributed by atoms with van der Waals surface area (Å²) in [5, 5.41) is 18.2. The number of rotatable bonds is 3. The lowest BCUT2D eigenvalue weighted by molar-refractivity contribution is 0.131. The predicted molar refractivity (Wildman–Crippen MR) is 80.5 cm³/mol. The van der Waals surface area contributed by atoms with Crippen molar-refractivity contribution in [3.05, 3.63) is 47.5 Å². The highest BCUT2D eigenvalue weighted by Gasteiger charge is 2.33. The van der Waals surface area contributed by atoms with Gasteiger partial charge in [0.05, 0.1) is 13.1 Å². The lowest BCUT2D eigenvalue weighted by Gasteiger charge is -2.13. The van der Waals surface area contributed by atoms with Crippen LogP contribution >= 0.6 is 0 Å². The number of amides is 1. The van der Waals surface area contributed by atoms with E-state index >= 15 is 0 Å². The number of aryl methyl sites for hydroxylation is 1. The van der Waals surface area contributed by atoms with Gasteiger partial charge < -0.3 is 9.30 Å². The summed E-state index contributed by atoms with van der Waals surface area (Å²) in [6, 6.07) is 13.1. The molecule has 2 aromatic rings. The van der Waals surface area contributed by atoms with E-state index in [0.717, 1.165) is 5.69 Å². The number of para-hydroxylation sites is 1. The van der Waals surface area contributed by atoms with Crippen LogP contribution in [0.25, 0.3) is 0 Å². The van der Waals surface area contributed by atoms with Crippen LogP contribution < -0.4 is 4.90 Å². The molecule has 3 rings (SSSR count). The fourth-order valence-corrected chi connectivity index (χ4v) is 2.62. The minimum atomic E-state index is -0.419. The van der Waals surface area contributed by atoms with Crippen molar-refractivity contribution in [3.8, 4) is 12.1 Å². The third kappa shape index (κ3) is 2.60. The number of carbonyl (C=O) groups excluding carboxylic acids is 1. The van der Waals surface area contributed by atoms with E-state index in [-0.39, 0.29) is 11.4 Å². The van der Waals surface area contributed by atoms with Crippen LogP contribution in [0.1, 0.15) is 17.2 Å². The highest BCUT2D eigenvalue weighted by Crippen LogP contribution is 2.23. The lowest BCUT2D eigenvalue weighted by Crippen LogP contribution is -2.26. The smallest absolute Gasteiger partial charge is 0.414 e. The molecule has 0 aliphatic carbocycles. The molecule has 1 aromatic carbocycles. The molecule has 0 bridgehead atoms. The van der Waals surface area contributed by atoms with Crippen molar-refractivity contribution in [3.63, 3.8) is 0 Å². The molecule has 1 aromatic heterocycles. The minimum Gasteiger partial charge on any atom is -0.442 e. The quantitative estimate of drug-likeness (QED) is 0.863. The van der Waals surface area contributed by atoms with Crippen molar-refractivity contribution in [2.75, 3.05) is 11.4 Å². The van der Waals surface area contributed by atoms with Crippen LogP contribution in [-0.4, -0.2) is 28.3 Å². The Morgan fingerprint density at radius 3 is 2.70 bits per heavy atom. The summed E-state index contributed by atoms with van der Waals surface area (Å²) < 4.78 is 6.99. The van der Waals surface area contributed by atoms with E-state index in [1.807, 2.05) is 42.5 Å².